The summed E-state index contributed by atoms with van der Waals surface area (Å²) in [6, 6.07) is 21.2. The molecule has 1 saturated heterocycles. The zero-order chi connectivity index (χ0) is 34.6. The number of anilines is 1. The maximum Gasteiger partial charge on any atom is 0.301 e. The van der Waals surface area contributed by atoms with Gasteiger partial charge in [-0.1, -0.05) is 105 Å². The molecule has 3 aromatic carbocycles. The van der Waals surface area contributed by atoms with E-state index in [0.717, 1.165) is 31.2 Å². The van der Waals surface area contributed by atoms with Crippen LogP contribution in [-0.2, 0) is 15.3 Å². The maximum atomic E-state index is 13.8. The quantitative estimate of drug-likeness (QED) is 0.0271. The van der Waals surface area contributed by atoms with Crippen LogP contribution in [0.5, 0.6) is 17.2 Å². The Bertz CT molecular complexity index is 1730. The van der Waals surface area contributed by atoms with Crippen LogP contribution in [0.15, 0.2) is 82.7 Å². The SMILES string of the molecule is CCCCCCCOc1ccc([C@@H]2C(=C(O)c3ccc(OCCCC)cc3)C(=O)C(=O)N2c2nnc(SCc3ccccc3)s2)cc1OC. The number of aromatic nitrogens is 2. The lowest BCUT2D eigenvalue weighted by Gasteiger charge is -2.23. The van der Waals surface area contributed by atoms with Crippen molar-refractivity contribution in [2.24, 2.45) is 0 Å². The highest BCUT2D eigenvalue weighted by Gasteiger charge is 2.48. The van der Waals surface area contributed by atoms with Crippen LogP contribution < -0.4 is 19.1 Å². The second-order valence-electron chi connectivity index (χ2n) is 11.7. The van der Waals surface area contributed by atoms with Gasteiger partial charge in [-0.2, -0.15) is 0 Å². The van der Waals surface area contributed by atoms with Crippen molar-refractivity contribution in [1.29, 1.82) is 0 Å². The summed E-state index contributed by atoms with van der Waals surface area (Å²) in [4.78, 5) is 28.9. The van der Waals surface area contributed by atoms with Gasteiger partial charge in [-0.05, 0) is 60.4 Å². The molecular formula is C38H43N3O6S2. The van der Waals surface area contributed by atoms with Crippen molar-refractivity contribution in [3.05, 3.63) is 95.1 Å². The van der Waals surface area contributed by atoms with Crippen LogP contribution in [0.1, 0.15) is 81.5 Å². The number of unbranched alkanes of at least 4 members (excludes halogenated alkanes) is 5. The van der Waals surface area contributed by atoms with Crippen LogP contribution in [0.3, 0.4) is 0 Å². The minimum absolute atomic E-state index is 0.0509. The van der Waals surface area contributed by atoms with E-state index in [9.17, 15) is 14.7 Å². The highest BCUT2D eigenvalue weighted by Crippen LogP contribution is 2.45. The standard InChI is InChI=1S/C38H43N3O6S2/c1-4-6-8-9-13-23-47-30-21-18-28(24-31(30)45-3)33-32(34(42)27-16-19-29(20-17-27)46-22-7-5-2)35(43)36(44)41(33)37-39-40-38(49-37)48-25-26-14-11-10-12-15-26/h10-12,14-21,24,33,42H,4-9,13,22-23,25H2,1-3H3/t33-/m1/s1. The number of ether oxygens (including phenoxy) is 3. The maximum absolute atomic E-state index is 13.8. The Labute approximate surface area is 296 Å². The van der Waals surface area contributed by atoms with E-state index < -0.39 is 17.7 Å². The first-order valence-electron chi connectivity index (χ1n) is 16.8. The summed E-state index contributed by atoms with van der Waals surface area (Å²) in [5, 5.41) is 20.6. The minimum atomic E-state index is -0.989. The Morgan fingerprint density at radius 3 is 2.33 bits per heavy atom. The second-order valence-corrected chi connectivity index (χ2v) is 13.9. The van der Waals surface area contributed by atoms with Gasteiger partial charge in [-0.15, -0.1) is 10.2 Å². The van der Waals surface area contributed by atoms with E-state index in [2.05, 4.69) is 24.0 Å². The molecule has 1 amide bonds. The molecule has 1 fully saturated rings. The third kappa shape index (κ3) is 9.01. The van der Waals surface area contributed by atoms with Crippen molar-refractivity contribution in [1.82, 2.24) is 10.2 Å². The molecule has 4 aromatic rings. The number of rotatable bonds is 18. The number of benzene rings is 3. The number of nitrogens with zero attached hydrogens (tertiary/aromatic N) is 3. The third-order valence-electron chi connectivity index (χ3n) is 8.15. The van der Waals surface area contributed by atoms with Gasteiger partial charge >= 0.3 is 5.91 Å². The fraction of sp³-hybridized carbons (Fsp3) is 0.368. The molecule has 1 aliphatic heterocycles. The summed E-state index contributed by atoms with van der Waals surface area (Å²) in [6.45, 7) is 5.41. The first kappa shape index (κ1) is 35.9. The Balaban J connectivity index is 1.48. The summed E-state index contributed by atoms with van der Waals surface area (Å²) < 4.78 is 18.2. The number of methoxy groups -OCH3 is 1. The van der Waals surface area contributed by atoms with Crippen molar-refractivity contribution in [2.75, 3.05) is 25.2 Å². The third-order valence-corrected chi connectivity index (χ3v) is 10.3. The summed E-state index contributed by atoms with van der Waals surface area (Å²) in [5.41, 5.74) is 2.02. The number of hydrogen-bond donors (Lipinski definition) is 1. The Morgan fingerprint density at radius 1 is 0.857 bits per heavy atom. The number of amides is 1. The Hall–Kier alpha value is -4.35. The molecule has 0 radical (unpaired) electrons. The highest BCUT2D eigenvalue weighted by atomic mass is 32.2. The molecule has 5 rings (SSSR count). The minimum Gasteiger partial charge on any atom is -0.507 e. The number of carbonyl (C=O) groups is 2. The molecule has 1 aromatic heterocycles. The van der Waals surface area contributed by atoms with Crippen molar-refractivity contribution < 1.29 is 28.9 Å². The number of aliphatic hydroxyl groups excluding tert-OH is 1. The normalized spacial score (nSPS) is 15.5. The van der Waals surface area contributed by atoms with Crippen LogP contribution in [-0.4, -0.2) is 47.3 Å². The molecule has 0 bridgehead atoms. The van der Waals surface area contributed by atoms with Crippen molar-refractivity contribution in [2.45, 2.75) is 74.9 Å². The molecule has 1 N–H and O–H groups in total. The number of aliphatic hydroxyl groups is 1. The van der Waals surface area contributed by atoms with Gasteiger partial charge in [0.25, 0.3) is 5.78 Å². The fourth-order valence-electron chi connectivity index (χ4n) is 5.48. The smallest absolute Gasteiger partial charge is 0.301 e. The van der Waals surface area contributed by atoms with Gasteiger partial charge in [-0.25, -0.2) is 0 Å². The van der Waals surface area contributed by atoms with Crippen LogP contribution in [0.4, 0.5) is 5.13 Å². The Kier molecular flexibility index (Phi) is 13.1. The molecular weight excluding hydrogens is 659 g/mol. The van der Waals surface area contributed by atoms with Crippen molar-refractivity contribution in [3.63, 3.8) is 0 Å². The van der Waals surface area contributed by atoms with Crippen LogP contribution >= 0.6 is 23.1 Å². The van der Waals surface area contributed by atoms with E-state index in [0.29, 0.717) is 51.7 Å². The van der Waals surface area contributed by atoms with Gasteiger partial charge in [0.15, 0.2) is 15.8 Å². The highest BCUT2D eigenvalue weighted by molar-refractivity contribution is 8.00. The van der Waals surface area contributed by atoms with Gasteiger partial charge < -0.3 is 19.3 Å². The lowest BCUT2D eigenvalue weighted by atomic mass is 9.95. The number of hydrogen-bond acceptors (Lipinski definition) is 10. The predicted molar refractivity (Wildman–Crippen MR) is 195 cm³/mol. The number of ketones is 1. The topological polar surface area (TPSA) is 111 Å². The lowest BCUT2D eigenvalue weighted by molar-refractivity contribution is -0.132. The van der Waals surface area contributed by atoms with E-state index in [1.165, 1.54) is 47.3 Å². The zero-order valence-electron chi connectivity index (χ0n) is 28.2. The first-order chi connectivity index (χ1) is 23.9. The first-order valence-corrected chi connectivity index (χ1v) is 18.6. The van der Waals surface area contributed by atoms with Gasteiger partial charge in [0.2, 0.25) is 5.13 Å². The summed E-state index contributed by atoms with van der Waals surface area (Å²) in [7, 11) is 1.55. The van der Waals surface area contributed by atoms with Crippen molar-refractivity contribution in [3.8, 4) is 17.2 Å². The monoisotopic (exact) mass is 701 g/mol. The molecule has 0 unspecified atom stereocenters. The summed E-state index contributed by atoms with van der Waals surface area (Å²) in [5.74, 6) is 0.448. The van der Waals surface area contributed by atoms with Crippen molar-refractivity contribution >= 4 is 45.7 Å². The molecule has 1 aliphatic rings. The summed E-state index contributed by atoms with van der Waals surface area (Å²) in [6.07, 6.45) is 7.50. The molecule has 0 spiro atoms. The van der Waals surface area contributed by atoms with E-state index in [-0.39, 0.29) is 16.5 Å². The van der Waals surface area contributed by atoms with E-state index in [4.69, 9.17) is 14.2 Å². The zero-order valence-corrected chi connectivity index (χ0v) is 29.9. The van der Waals surface area contributed by atoms with Crippen LogP contribution in [0.25, 0.3) is 5.76 Å². The molecule has 0 aliphatic carbocycles. The van der Waals surface area contributed by atoms with E-state index >= 15 is 0 Å². The number of carbonyl (C=O) groups excluding carboxylic acids is 2. The molecule has 0 saturated carbocycles. The molecule has 9 nitrogen and oxygen atoms in total. The Morgan fingerprint density at radius 2 is 1.59 bits per heavy atom. The van der Waals surface area contributed by atoms with E-state index in [1.54, 1.807) is 49.6 Å². The lowest BCUT2D eigenvalue weighted by Crippen LogP contribution is -2.29. The summed E-state index contributed by atoms with van der Waals surface area (Å²) >= 11 is 2.72. The molecule has 258 valence electrons. The molecule has 11 heteroatoms. The van der Waals surface area contributed by atoms with Crippen LogP contribution in [0.2, 0.25) is 0 Å². The largest absolute Gasteiger partial charge is 0.507 e. The molecule has 2 heterocycles. The second kappa shape index (κ2) is 17.9. The average molecular weight is 702 g/mol. The van der Waals surface area contributed by atoms with Crippen LogP contribution in [0, 0.1) is 0 Å². The average Bonchev–Trinajstić information content (AvgIpc) is 3.70. The fourth-order valence-corrected chi connectivity index (χ4v) is 7.31. The van der Waals surface area contributed by atoms with E-state index in [1.807, 2.05) is 30.3 Å². The molecule has 49 heavy (non-hydrogen) atoms. The predicted octanol–water partition coefficient (Wildman–Crippen LogP) is 8.99. The number of Topliss-reactive ketones (excluding diaryl/α,β-unsaturated/α-hetero) is 1. The van der Waals surface area contributed by atoms with Gasteiger partial charge in [0.1, 0.15) is 11.5 Å². The number of thioether (sulfide) groups is 1. The van der Waals surface area contributed by atoms with Gasteiger partial charge in [-0.3, -0.25) is 14.5 Å². The van der Waals surface area contributed by atoms with Gasteiger partial charge in [0.05, 0.1) is 31.9 Å². The molecule has 1 atom stereocenters. The van der Waals surface area contributed by atoms with Gasteiger partial charge in [0, 0.05) is 11.3 Å².